The van der Waals surface area contributed by atoms with Gasteiger partial charge in [-0.05, 0) is 30.3 Å². The Morgan fingerprint density at radius 2 is 1.97 bits per heavy atom. The molecule has 156 valence electrons. The number of carbonyl (C=O) groups excluding carboxylic acids is 1. The second kappa shape index (κ2) is 8.00. The molecule has 0 bridgehead atoms. The number of nitrogens with one attached hydrogen (secondary N) is 2. The maximum absolute atomic E-state index is 12.5. The van der Waals surface area contributed by atoms with E-state index in [-0.39, 0.29) is 11.5 Å². The molecule has 0 spiro atoms. The topological polar surface area (TPSA) is 118 Å². The number of hydrogen-bond donors (Lipinski definition) is 2. The van der Waals surface area contributed by atoms with E-state index in [0.717, 1.165) is 16.9 Å². The van der Waals surface area contributed by atoms with Crippen molar-refractivity contribution in [3.8, 4) is 11.3 Å². The van der Waals surface area contributed by atoms with Gasteiger partial charge in [-0.3, -0.25) is 9.59 Å². The zero-order valence-electron chi connectivity index (χ0n) is 16.5. The van der Waals surface area contributed by atoms with Gasteiger partial charge in [-0.15, -0.1) is 0 Å². The number of rotatable bonds is 4. The molecule has 5 rings (SSSR count). The number of ether oxygens (including phenoxy) is 1. The van der Waals surface area contributed by atoms with Gasteiger partial charge in [0.1, 0.15) is 12.0 Å². The van der Waals surface area contributed by atoms with E-state index >= 15 is 0 Å². The zero-order valence-corrected chi connectivity index (χ0v) is 16.5. The van der Waals surface area contributed by atoms with Gasteiger partial charge in [-0.1, -0.05) is 0 Å². The van der Waals surface area contributed by atoms with Crippen molar-refractivity contribution in [2.24, 2.45) is 0 Å². The van der Waals surface area contributed by atoms with Crippen LogP contribution < -0.4 is 10.9 Å². The first-order valence-electron chi connectivity index (χ1n) is 9.81. The van der Waals surface area contributed by atoms with Gasteiger partial charge >= 0.3 is 0 Å². The van der Waals surface area contributed by atoms with E-state index < -0.39 is 0 Å². The van der Waals surface area contributed by atoms with Crippen molar-refractivity contribution in [2.45, 2.75) is 0 Å². The highest BCUT2D eigenvalue weighted by Crippen LogP contribution is 2.25. The monoisotopic (exact) mass is 417 g/mol. The molecule has 0 aromatic carbocycles. The molecule has 10 heteroatoms. The zero-order chi connectivity index (χ0) is 21.2. The Morgan fingerprint density at radius 3 is 2.74 bits per heavy atom. The fourth-order valence-corrected chi connectivity index (χ4v) is 3.51. The third-order valence-electron chi connectivity index (χ3n) is 5.06. The van der Waals surface area contributed by atoms with Crippen molar-refractivity contribution in [3.63, 3.8) is 0 Å². The second-order valence-corrected chi connectivity index (χ2v) is 7.03. The summed E-state index contributed by atoms with van der Waals surface area (Å²) in [5.41, 5.74) is 3.72. The summed E-state index contributed by atoms with van der Waals surface area (Å²) in [5, 5.41) is 7.56. The number of nitrogens with zero attached hydrogens (tertiary/aromatic N) is 5. The molecule has 4 aromatic rings. The molecule has 10 nitrogen and oxygen atoms in total. The minimum Gasteiger partial charge on any atom is -0.378 e. The van der Waals surface area contributed by atoms with Crippen LogP contribution in [0.15, 0.2) is 59.9 Å². The van der Waals surface area contributed by atoms with Gasteiger partial charge in [0.05, 0.1) is 36.5 Å². The first-order valence-corrected chi connectivity index (χ1v) is 9.81. The summed E-state index contributed by atoms with van der Waals surface area (Å²) in [6.45, 7) is 2.25. The van der Waals surface area contributed by atoms with Crippen molar-refractivity contribution in [2.75, 3.05) is 31.6 Å². The lowest BCUT2D eigenvalue weighted by molar-refractivity contribution is 0.0299. The highest BCUT2D eigenvalue weighted by Gasteiger charge is 2.19. The maximum atomic E-state index is 12.5. The standard InChI is InChI=1S/C21H19N7O3/c29-19-11-14(5-6-22-19)18-4-3-16(20-24-13-25-28(18)20)26-15-1-2-17(23-12-15)21(30)27-7-9-31-10-8-27/h1-6,11-13,26H,7-10H2,(H,22,29). The Bertz CT molecular complexity index is 1290. The van der Waals surface area contributed by atoms with Gasteiger partial charge in [0.15, 0.2) is 5.65 Å². The molecule has 1 amide bonds. The van der Waals surface area contributed by atoms with Crippen LogP contribution in [0, 0.1) is 0 Å². The van der Waals surface area contributed by atoms with Crippen LogP contribution in [-0.4, -0.2) is 61.7 Å². The molecule has 0 atom stereocenters. The van der Waals surface area contributed by atoms with E-state index in [4.69, 9.17) is 4.74 Å². The third-order valence-corrected chi connectivity index (χ3v) is 5.06. The van der Waals surface area contributed by atoms with Crippen LogP contribution in [0.3, 0.4) is 0 Å². The Morgan fingerprint density at radius 1 is 1.10 bits per heavy atom. The third kappa shape index (κ3) is 3.76. The molecule has 2 N–H and O–H groups in total. The Balaban J connectivity index is 1.40. The number of anilines is 2. The van der Waals surface area contributed by atoms with Gasteiger partial charge in [0.2, 0.25) is 5.56 Å². The van der Waals surface area contributed by atoms with Crippen molar-refractivity contribution in [3.05, 3.63) is 71.2 Å². The summed E-state index contributed by atoms with van der Waals surface area (Å²) in [5.74, 6) is -0.100. The van der Waals surface area contributed by atoms with Crippen LogP contribution in [0.5, 0.6) is 0 Å². The van der Waals surface area contributed by atoms with Crippen LogP contribution in [0.2, 0.25) is 0 Å². The number of H-pyrrole nitrogens is 1. The molecular formula is C21H19N7O3. The number of carbonyl (C=O) groups is 1. The normalized spacial score (nSPS) is 14.0. The number of amides is 1. The highest BCUT2D eigenvalue weighted by molar-refractivity contribution is 5.92. The van der Waals surface area contributed by atoms with Gasteiger partial charge in [-0.2, -0.15) is 5.10 Å². The molecule has 0 unspecified atom stereocenters. The lowest BCUT2D eigenvalue weighted by atomic mass is 10.1. The molecule has 31 heavy (non-hydrogen) atoms. The molecule has 0 saturated carbocycles. The summed E-state index contributed by atoms with van der Waals surface area (Å²) in [6, 6.07) is 10.6. The highest BCUT2D eigenvalue weighted by atomic mass is 16.5. The van der Waals surface area contributed by atoms with Crippen LogP contribution in [0.25, 0.3) is 16.9 Å². The average Bonchev–Trinajstić information content (AvgIpc) is 3.30. The smallest absolute Gasteiger partial charge is 0.272 e. The number of morpholine rings is 1. The summed E-state index contributed by atoms with van der Waals surface area (Å²) in [7, 11) is 0. The van der Waals surface area contributed by atoms with Gasteiger partial charge < -0.3 is 19.9 Å². The molecule has 1 saturated heterocycles. The number of hydrogen-bond acceptors (Lipinski definition) is 7. The van der Waals surface area contributed by atoms with Gasteiger partial charge in [-0.25, -0.2) is 14.5 Å². The van der Waals surface area contributed by atoms with E-state index in [1.807, 2.05) is 12.1 Å². The molecule has 1 aliphatic heterocycles. The van der Waals surface area contributed by atoms with Crippen molar-refractivity contribution in [1.82, 2.24) is 29.5 Å². The van der Waals surface area contributed by atoms with E-state index in [2.05, 4.69) is 25.4 Å². The number of pyridine rings is 3. The van der Waals surface area contributed by atoms with Gasteiger partial charge in [0.25, 0.3) is 5.91 Å². The molecule has 1 aliphatic rings. The van der Waals surface area contributed by atoms with Crippen molar-refractivity contribution < 1.29 is 9.53 Å². The first kappa shape index (κ1) is 18.9. The minimum atomic E-state index is -0.189. The summed E-state index contributed by atoms with van der Waals surface area (Å²) < 4.78 is 6.96. The van der Waals surface area contributed by atoms with E-state index in [9.17, 15) is 9.59 Å². The molecule has 0 radical (unpaired) electrons. The second-order valence-electron chi connectivity index (χ2n) is 7.03. The largest absolute Gasteiger partial charge is 0.378 e. The summed E-state index contributed by atoms with van der Waals surface area (Å²) in [4.78, 5) is 37.2. The summed E-state index contributed by atoms with van der Waals surface area (Å²) >= 11 is 0. The van der Waals surface area contributed by atoms with Crippen LogP contribution in [-0.2, 0) is 4.74 Å². The molecule has 0 aliphatic carbocycles. The fourth-order valence-electron chi connectivity index (χ4n) is 3.51. The summed E-state index contributed by atoms with van der Waals surface area (Å²) in [6.07, 6.45) is 4.67. The van der Waals surface area contributed by atoms with E-state index in [1.165, 1.54) is 12.4 Å². The molecule has 5 heterocycles. The van der Waals surface area contributed by atoms with E-state index in [0.29, 0.717) is 43.3 Å². The Hall–Kier alpha value is -4.05. The Kier molecular flexibility index (Phi) is 4.89. The van der Waals surface area contributed by atoms with Crippen molar-refractivity contribution in [1.29, 1.82) is 0 Å². The van der Waals surface area contributed by atoms with Crippen LogP contribution >= 0.6 is 0 Å². The maximum Gasteiger partial charge on any atom is 0.272 e. The predicted molar refractivity (Wildman–Crippen MR) is 113 cm³/mol. The number of aromatic amines is 1. The van der Waals surface area contributed by atoms with E-state index in [1.54, 1.807) is 40.0 Å². The SMILES string of the molecule is O=C(c1ccc(Nc2ccc(-c3cc[nH]c(=O)c3)n3ncnc23)cn1)N1CCOCC1. The Labute approximate surface area is 176 Å². The molecular weight excluding hydrogens is 398 g/mol. The van der Waals surface area contributed by atoms with Crippen LogP contribution in [0.1, 0.15) is 10.5 Å². The molecule has 4 aromatic heterocycles. The minimum absolute atomic E-state index is 0.100. The fraction of sp³-hybridized carbons (Fsp3) is 0.190. The quantitative estimate of drug-likeness (QED) is 0.519. The lowest BCUT2D eigenvalue weighted by Crippen LogP contribution is -2.41. The van der Waals surface area contributed by atoms with Crippen molar-refractivity contribution >= 4 is 22.9 Å². The van der Waals surface area contributed by atoms with Crippen LogP contribution in [0.4, 0.5) is 11.4 Å². The lowest BCUT2D eigenvalue weighted by Gasteiger charge is -2.26. The number of aromatic nitrogens is 5. The van der Waals surface area contributed by atoms with Gasteiger partial charge in [0, 0.05) is 30.9 Å². The first-order chi connectivity index (χ1) is 15.2. The number of fused-ring (bicyclic) bond motifs is 1. The average molecular weight is 417 g/mol. The molecule has 1 fully saturated rings. The predicted octanol–water partition coefficient (Wildman–Crippen LogP) is 1.70.